The van der Waals surface area contributed by atoms with E-state index in [2.05, 4.69) is 10.6 Å². The molecular weight excluding hydrogens is 252 g/mol. The summed E-state index contributed by atoms with van der Waals surface area (Å²) in [6.07, 6.45) is 0.667. The van der Waals surface area contributed by atoms with Crippen molar-refractivity contribution in [2.75, 3.05) is 13.2 Å². The zero-order valence-electron chi connectivity index (χ0n) is 12.9. The fraction of sp³-hybridized carbons (Fsp3) is 0.562. The van der Waals surface area contributed by atoms with Crippen molar-refractivity contribution in [2.45, 2.75) is 40.2 Å². The number of benzene rings is 1. The van der Waals surface area contributed by atoms with E-state index < -0.39 is 0 Å². The highest BCUT2D eigenvalue weighted by atomic mass is 16.3. The summed E-state index contributed by atoms with van der Waals surface area (Å²) in [5, 5.41) is 14.7. The van der Waals surface area contributed by atoms with Crippen molar-refractivity contribution in [3.63, 3.8) is 0 Å². The SMILES string of the molecule is Cc1ccc(C(C)NC(=O)NCC(C)(C)CCO)cc1. The molecule has 3 N–H and O–H groups in total. The van der Waals surface area contributed by atoms with Crippen molar-refractivity contribution >= 4 is 6.03 Å². The predicted octanol–water partition coefficient (Wildman–Crippen LogP) is 2.76. The van der Waals surface area contributed by atoms with Gasteiger partial charge in [-0.2, -0.15) is 0 Å². The van der Waals surface area contributed by atoms with Gasteiger partial charge in [0.2, 0.25) is 0 Å². The Morgan fingerprint density at radius 1 is 1.30 bits per heavy atom. The van der Waals surface area contributed by atoms with Crippen LogP contribution in [0.1, 0.15) is 44.4 Å². The fourth-order valence-corrected chi connectivity index (χ4v) is 1.90. The summed E-state index contributed by atoms with van der Waals surface area (Å²) >= 11 is 0. The molecule has 0 aliphatic rings. The molecule has 112 valence electrons. The molecule has 4 nitrogen and oxygen atoms in total. The van der Waals surface area contributed by atoms with Crippen molar-refractivity contribution in [2.24, 2.45) is 5.41 Å². The van der Waals surface area contributed by atoms with Gasteiger partial charge in [0, 0.05) is 13.2 Å². The van der Waals surface area contributed by atoms with Gasteiger partial charge in [-0.1, -0.05) is 43.7 Å². The predicted molar refractivity (Wildman–Crippen MR) is 81.6 cm³/mol. The first-order valence-electron chi connectivity index (χ1n) is 7.06. The van der Waals surface area contributed by atoms with Crippen LogP contribution in [0.5, 0.6) is 0 Å². The zero-order chi connectivity index (χ0) is 15.2. The summed E-state index contributed by atoms with van der Waals surface area (Å²) in [5.74, 6) is 0. The molecule has 0 saturated heterocycles. The summed E-state index contributed by atoms with van der Waals surface area (Å²) in [7, 11) is 0. The first kappa shape index (κ1) is 16.5. The van der Waals surface area contributed by atoms with Gasteiger partial charge in [-0.3, -0.25) is 0 Å². The Bertz CT molecular complexity index is 427. The van der Waals surface area contributed by atoms with Gasteiger partial charge in [0.15, 0.2) is 0 Å². The maximum atomic E-state index is 11.9. The van der Waals surface area contributed by atoms with Gasteiger partial charge in [-0.25, -0.2) is 4.79 Å². The molecule has 4 heteroatoms. The molecule has 0 radical (unpaired) electrons. The normalized spacial score (nSPS) is 12.8. The van der Waals surface area contributed by atoms with Crippen molar-refractivity contribution in [3.05, 3.63) is 35.4 Å². The van der Waals surface area contributed by atoms with Gasteiger partial charge >= 0.3 is 6.03 Å². The molecule has 0 heterocycles. The quantitative estimate of drug-likeness (QED) is 0.749. The summed E-state index contributed by atoms with van der Waals surface area (Å²) in [6.45, 7) is 8.72. The van der Waals surface area contributed by atoms with Crippen LogP contribution in [0.2, 0.25) is 0 Å². The number of rotatable bonds is 6. The second kappa shape index (κ2) is 7.29. The molecule has 0 aliphatic carbocycles. The van der Waals surface area contributed by atoms with Crippen molar-refractivity contribution in [3.8, 4) is 0 Å². The molecule has 0 bridgehead atoms. The summed E-state index contributed by atoms with van der Waals surface area (Å²) < 4.78 is 0. The smallest absolute Gasteiger partial charge is 0.315 e. The minimum absolute atomic E-state index is 0.0310. The second-order valence-corrected chi connectivity index (χ2v) is 6.10. The van der Waals surface area contributed by atoms with Crippen LogP contribution in [-0.2, 0) is 0 Å². The van der Waals surface area contributed by atoms with Gasteiger partial charge in [0.25, 0.3) is 0 Å². The number of nitrogens with one attached hydrogen (secondary N) is 2. The van der Waals surface area contributed by atoms with E-state index in [9.17, 15) is 4.79 Å². The average Bonchev–Trinajstić information content (AvgIpc) is 2.37. The average molecular weight is 278 g/mol. The van der Waals surface area contributed by atoms with Gasteiger partial charge in [0.05, 0.1) is 6.04 Å². The van der Waals surface area contributed by atoms with Crippen molar-refractivity contribution in [1.82, 2.24) is 10.6 Å². The van der Waals surface area contributed by atoms with Gasteiger partial charge in [0.1, 0.15) is 0 Å². The Balaban J connectivity index is 2.44. The number of hydrogen-bond donors (Lipinski definition) is 3. The number of carbonyl (C=O) groups excluding carboxylic acids is 1. The van der Waals surface area contributed by atoms with Crippen LogP contribution in [0.3, 0.4) is 0 Å². The van der Waals surface area contributed by atoms with E-state index in [4.69, 9.17) is 5.11 Å². The van der Waals surface area contributed by atoms with Crippen LogP contribution >= 0.6 is 0 Å². The van der Waals surface area contributed by atoms with Crippen LogP contribution in [0, 0.1) is 12.3 Å². The highest BCUT2D eigenvalue weighted by molar-refractivity contribution is 5.74. The lowest BCUT2D eigenvalue weighted by Gasteiger charge is -2.24. The van der Waals surface area contributed by atoms with E-state index in [0.717, 1.165) is 5.56 Å². The van der Waals surface area contributed by atoms with E-state index in [1.54, 1.807) is 0 Å². The largest absolute Gasteiger partial charge is 0.396 e. The maximum absolute atomic E-state index is 11.9. The molecule has 20 heavy (non-hydrogen) atoms. The van der Waals surface area contributed by atoms with Crippen LogP contribution < -0.4 is 10.6 Å². The monoisotopic (exact) mass is 278 g/mol. The lowest BCUT2D eigenvalue weighted by molar-refractivity contribution is 0.200. The first-order chi connectivity index (χ1) is 9.34. The third kappa shape index (κ3) is 5.61. The molecule has 2 amide bonds. The standard InChI is InChI=1S/C16H26N2O2/c1-12-5-7-14(8-6-12)13(2)18-15(20)17-11-16(3,4)9-10-19/h5-8,13,19H,9-11H2,1-4H3,(H2,17,18,20). The molecule has 1 rings (SSSR count). The van der Waals surface area contributed by atoms with Gasteiger partial charge in [-0.15, -0.1) is 0 Å². The number of aliphatic hydroxyl groups is 1. The molecule has 0 aliphatic heterocycles. The molecule has 1 aromatic rings. The number of hydrogen-bond acceptors (Lipinski definition) is 2. The maximum Gasteiger partial charge on any atom is 0.315 e. The van der Waals surface area contributed by atoms with Crippen LogP contribution in [0.25, 0.3) is 0 Å². The number of aryl methyl sites for hydroxylation is 1. The van der Waals surface area contributed by atoms with Crippen LogP contribution in [0.15, 0.2) is 24.3 Å². The van der Waals surface area contributed by atoms with E-state index in [1.807, 2.05) is 52.0 Å². The third-order valence-electron chi connectivity index (χ3n) is 3.44. The van der Waals surface area contributed by atoms with Crippen molar-refractivity contribution < 1.29 is 9.90 Å². The number of amides is 2. The Kier molecular flexibility index (Phi) is 6.02. The van der Waals surface area contributed by atoms with E-state index in [1.165, 1.54) is 5.56 Å². The second-order valence-electron chi connectivity index (χ2n) is 6.10. The topological polar surface area (TPSA) is 61.4 Å². The fourth-order valence-electron chi connectivity index (χ4n) is 1.90. The Hall–Kier alpha value is -1.55. The summed E-state index contributed by atoms with van der Waals surface area (Å²) in [5.41, 5.74) is 2.19. The molecule has 1 aromatic carbocycles. The molecule has 1 atom stereocenters. The number of aliphatic hydroxyl groups excluding tert-OH is 1. The van der Waals surface area contributed by atoms with E-state index in [-0.39, 0.29) is 24.1 Å². The van der Waals surface area contributed by atoms with E-state index >= 15 is 0 Å². The Morgan fingerprint density at radius 2 is 1.90 bits per heavy atom. The number of urea groups is 1. The summed E-state index contributed by atoms with van der Waals surface area (Å²) in [4.78, 5) is 11.9. The Morgan fingerprint density at radius 3 is 2.45 bits per heavy atom. The highest BCUT2D eigenvalue weighted by Gasteiger charge is 2.18. The zero-order valence-corrected chi connectivity index (χ0v) is 12.9. The first-order valence-corrected chi connectivity index (χ1v) is 7.06. The van der Waals surface area contributed by atoms with Crippen molar-refractivity contribution in [1.29, 1.82) is 0 Å². The van der Waals surface area contributed by atoms with Crippen LogP contribution in [0.4, 0.5) is 4.79 Å². The van der Waals surface area contributed by atoms with Crippen LogP contribution in [-0.4, -0.2) is 24.3 Å². The lowest BCUT2D eigenvalue weighted by atomic mass is 9.90. The molecule has 0 saturated carbocycles. The third-order valence-corrected chi connectivity index (χ3v) is 3.44. The minimum atomic E-state index is -0.177. The number of carbonyl (C=O) groups is 1. The highest BCUT2D eigenvalue weighted by Crippen LogP contribution is 2.18. The lowest BCUT2D eigenvalue weighted by Crippen LogP contribution is -2.41. The molecular formula is C16H26N2O2. The molecule has 0 spiro atoms. The Labute approximate surface area is 121 Å². The van der Waals surface area contributed by atoms with Gasteiger partial charge in [-0.05, 0) is 31.2 Å². The van der Waals surface area contributed by atoms with E-state index in [0.29, 0.717) is 13.0 Å². The molecule has 0 aromatic heterocycles. The minimum Gasteiger partial charge on any atom is -0.396 e. The van der Waals surface area contributed by atoms with Gasteiger partial charge < -0.3 is 15.7 Å². The summed E-state index contributed by atoms with van der Waals surface area (Å²) in [6, 6.07) is 7.91. The molecule has 0 fully saturated rings. The molecule has 1 unspecified atom stereocenters.